The molecule has 1 aromatic rings. The van der Waals surface area contributed by atoms with Crippen molar-refractivity contribution in [2.75, 3.05) is 18.8 Å². The van der Waals surface area contributed by atoms with E-state index in [2.05, 4.69) is 10.0 Å². The van der Waals surface area contributed by atoms with Gasteiger partial charge in [0.1, 0.15) is 0 Å². The topological polar surface area (TPSA) is 101 Å². The number of sulfonamides is 1. The molecule has 1 atom stereocenters. The van der Waals surface area contributed by atoms with Crippen molar-refractivity contribution >= 4 is 15.9 Å². The lowest BCUT2D eigenvalue weighted by molar-refractivity contribution is -0.122. The van der Waals surface area contributed by atoms with Crippen molar-refractivity contribution in [1.29, 1.82) is 0 Å². The fraction of sp³-hybridized carbons (Fsp3) is 0.462. The summed E-state index contributed by atoms with van der Waals surface area (Å²) in [6, 6.07) is 8.75. The van der Waals surface area contributed by atoms with Crippen molar-refractivity contribution in [3.63, 3.8) is 0 Å². The van der Waals surface area contributed by atoms with E-state index in [0.717, 1.165) is 5.56 Å². The highest BCUT2D eigenvalue weighted by Crippen LogP contribution is 2.01. The molecule has 112 valence electrons. The Morgan fingerprint density at radius 2 is 1.95 bits per heavy atom. The first-order valence-corrected chi connectivity index (χ1v) is 8.14. The van der Waals surface area contributed by atoms with E-state index in [9.17, 15) is 13.2 Å². The molecule has 0 unspecified atom stereocenters. The highest BCUT2D eigenvalue weighted by atomic mass is 32.2. The fourth-order valence-corrected chi connectivity index (χ4v) is 2.65. The van der Waals surface area contributed by atoms with E-state index in [1.165, 1.54) is 0 Å². The third-order valence-corrected chi connectivity index (χ3v) is 4.14. The molecule has 1 amide bonds. The summed E-state index contributed by atoms with van der Waals surface area (Å²) in [7, 11) is -3.32. The SMILES string of the molecule is CCNS(=O)(=O)CCNC(=O)[C@@H](N)Cc1ccccc1. The Labute approximate surface area is 119 Å². The summed E-state index contributed by atoms with van der Waals surface area (Å²) in [5, 5.41) is 2.53. The minimum absolute atomic E-state index is 0.0522. The molecule has 0 saturated carbocycles. The Kier molecular flexibility index (Phi) is 6.63. The molecule has 0 spiro atoms. The minimum atomic E-state index is -3.32. The molecule has 0 aliphatic carbocycles. The maximum absolute atomic E-state index is 11.7. The first-order valence-electron chi connectivity index (χ1n) is 6.49. The number of hydrogen-bond donors (Lipinski definition) is 3. The normalized spacial score (nSPS) is 12.9. The van der Waals surface area contributed by atoms with Gasteiger partial charge in [0.25, 0.3) is 0 Å². The molecule has 4 N–H and O–H groups in total. The zero-order chi connectivity index (χ0) is 15.0. The quantitative estimate of drug-likeness (QED) is 0.608. The highest BCUT2D eigenvalue weighted by molar-refractivity contribution is 7.89. The lowest BCUT2D eigenvalue weighted by Crippen LogP contribution is -2.44. The number of carbonyl (C=O) groups excluding carboxylic acids is 1. The number of rotatable bonds is 8. The van der Waals surface area contributed by atoms with Crippen LogP contribution in [-0.4, -0.2) is 39.2 Å². The number of nitrogens with two attached hydrogens (primary N) is 1. The molecule has 6 nitrogen and oxygen atoms in total. The molecule has 0 bridgehead atoms. The molecule has 0 radical (unpaired) electrons. The van der Waals surface area contributed by atoms with Gasteiger partial charge in [-0.05, 0) is 12.0 Å². The smallest absolute Gasteiger partial charge is 0.237 e. The van der Waals surface area contributed by atoms with Crippen LogP contribution in [0, 0.1) is 0 Å². The van der Waals surface area contributed by atoms with Gasteiger partial charge < -0.3 is 11.1 Å². The van der Waals surface area contributed by atoms with Gasteiger partial charge in [-0.2, -0.15) is 0 Å². The first kappa shape index (κ1) is 16.6. The largest absolute Gasteiger partial charge is 0.354 e. The molecular weight excluding hydrogens is 278 g/mol. The number of hydrogen-bond acceptors (Lipinski definition) is 4. The van der Waals surface area contributed by atoms with E-state index in [4.69, 9.17) is 5.73 Å². The van der Waals surface area contributed by atoms with Crippen LogP contribution in [0.5, 0.6) is 0 Å². The first-order chi connectivity index (χ1) is 9.44. The van der Waals surface area contributed by atoms with Crippen LogP contribution in [0.1, 0.15) is 12.5 Å². The van der Waals surface area contributed by atoms with Crippen molar-refractivity contribution in [3.05, 3.63) is 35.9 Å². The molecule has 1 rings (SSSR count). The number of carbonyl (C=O) groups is 1. The summed E-state index contributed by atoms with van der Waals surface area (Å²) >= 11 is 0. The van der Waals surface area contributed by atoms with Crippen molar-refractivity contribution < 1.29 is 13.2 Å². The maximum atomic E-state index is 11.7. The van der Waals surface area contributed by atoms with Crippen LogP contribution in [-0.2, 0) is 21.2 Å². The van der Waals surface area contributed by atoms with Gasteiger partial charge in [-0.1, -0.05) is 37.3 Å². The van der Waals surface area contributed by atoms with Crippen LogP contribution < -0.4 is 15.8 Å². The van der Waals surface area contributed by atoms with Gasteiger partial charge in [-0.25, -0.2) is 13.1 Å². The fourth-order valence-electron chi connectivity index (χ4n) is 1.69. The molecular formula is C13H21N3O3S. The Balaban J connectivity index is 2.36. The van der Waals surface area contributed by atoms with Gasteiger partial charge in [-0.15, -0.1) is 0 Å². The zero-order valence-corrected chi connectivity index (χ0v) is 12.3. The van der Waals surface area contributed by atoms with Crippen LogP contribution in [0.2, 0.25) is 0 Å². The van der Waals surface area contributed by atoms with Gasteiger partial charge >= 0.3 is 0 Å². The zero-order valence-electron chi connectivity index (χ0n) is 11.5. The molecule has 7 heteroatoms. The van der Waals surface area contributed by atoms with Crippen LogP contribution in [0.25, 0.3) is 0 Å². The molecule has 1 aromatic carbocycles. The Hall–Kier alpha value is -1.44. The van der Waals surface area contributed by atoms with Gasteiger partial charge in [0, 0.05) is 13.1 Å². The molecule has 0 saturated heterocycles. The van der Waals surface area contributed by atoms with Crippen molar-refractivity contribution in [2.45, 2.75) is 19.4 Å². The third-order valence-electron chi connectivity index (χ3n) is 2.67. The lowest BCUT2D eigenvalue weighted by atomic mass is 10.1. The second-order valence-electron chi connectivity index (χ2n) is 4.40. The maximum Gasteiger partial charge on any atom is 0.237 e. The summed E-state index contributed by atoms with van der Waals surface area (Å²) < 4.78 is 25.1. The van der Waals surface area contributed by atoms with E-state index in [1.807, 2.05) is 30.3 Å². The molecule has 20 heavy (non-hydrogen) atoms. The molecule has 0 aromatic heterocycles. The molecule has 0 fully saturated rings. The van der Waals surface area contributed by atoms with E-state index < -0.39 is 16.1 Å². The predicted octanol–water partition coefficient (Wildman–Crippen LogP) is -0.388. The van der Waals surface area contributed by atoms with Crippen LogP contribution >= 0.6 is 0 Å². The van der Waals surface area contributed by atoms with Crippen LogP contribution in [0.15, 0.2) is 30.3 Å². The molecule has 0 aliphatic heterocycles. The summed E-state index contributed by atoms with van der Waals surface area (Å²) in [5.74, 6) is -0.495. The third kappa shape index (κ3) is 6.14. The highest BCUT2D eigenvalue weighted by Gasteiger charge is 2.15. The predicted molar refractivity (Wildman–Crippen MR) is 78.6 cm³/mol. The van der Waals surface area contributed by atoms with E-state index in [-0.39, 0.29) is 18.2 Å². The second-order valence-corrected chi connectivity index (χ2v) is 6.33. The van der Waals surface area contributed by atoms with Crippen molar-refractivity contribution in [2.24, 2.45) is 5.73 Å². The van der Waals surface area contributed by atoms with Gasteiger partial charge in [0.2, 0.25) is 15.9 Å². The van der Waals surface area contributed by atoms with Gasteiger partial charge in [0.05, 0.1) is 11.8 Å². The number of amides is 1. The van der Waals surface area contributed by atoms with Crippen LogP contribution in [0.3, 0.4) is 0 Å². The van der Waals surface area contributed by atoms with Crippen molar-refractivity contribution in [1.82, 2.24) is 10.0 Å². The molecule has 0 aliphatic rings. The monoisotopic (exact) mass is 299 g/mol. The minimum Gasteiger partial charge on any atom is -0.354 e. The van der Waals surface area contributed by atoms with E-state index in [0.29, 0.717) is 13.0 Å². The number of benzene rings is 1. The average Bonchev–Trinajstić information content (AvgIpc) is 2.39. The van der Waals surface area contributed by atoms with E-state index in [1.54, 1.807) is 6.92 Å². The summed E-state index contributed by atoms with van der Waals surface area (Å²) in [6.07, 6.45) is 0.423. The van der Waals surface area contributed by atoms with Gasteiger partial charge in [-0.3, -0.25) is 4.79 Å². The Bertz CT molecular complexity index is 517. The number of nitrogens with one attached hydrogen (secondary N) is 2. The Morgan fingerprint density at radius 3 is 2.55 bits per heavy atom. The standard InChI is InChI=1S/C13H21N3O3S/c1-2-16-20(18,19)9-8-15-13(17)12(14)10-11-6-4-3-5-7-11/h3-7,12,16H,2,8-10,14H2,1H3,(H,15,17)/t12-/m0/s1. The van der Waals surface area contributed by atoms with Crippen LogP contribution in [0.4, 0.5) is 0 Å². The molecule has 0 heterocycles. The summed E-state index contributed by atoms with van der Waals surface area (Å²) in [5.41, 5.74) is 6.75. The lowest BCUT2D eigenvalue weighted by Gasteiger charge is -2.12. The summed E-state index contributed by atoms with van der Waals surface area (Å²) in [4.78, 5) is 11.7. The average molecular weight is 299 g/mol. The van der Waals surface area contributed by atoms with Gasteiger partial charge in [0.15, 0.2) is 0 Å². The second kappa shape index (κ2) is 7.98. The summed E-state index contributed by atoms with van der Waals surface area (Å²) in [6.45, 7) is 2.09. The van der Waals surface area contributed by atoms with E-state index >= 15 is 0 Å². The van der Waals surface area contributed by atoms with Crippen molar-refractivity contribution in [3.8, 4) is 0 Å². The Morgan fingerprint density at radius 1 is 1.30 bits per heavy atom.